The number of hydrogen-bond acceptors (Lipinski definition) is 3. The number of amides is 2. The molecule has 0 aromatic heterocycles. The zero-order valence-corrected chi connectivity index (χ0v) is 21.8. The number of rotatable bonds is 5. The van der Waals surface area contributed by atoms with Crippen LogP contribution in [-0.4, -0.2) is 29.4 Å². The van der Waals surface area contributed by atoms with Crippen LogP contribution in [0.1, 0.15) is 49.5 Å². The zero-order chi connectivity index (χ0) is 28.4. The number of hydrogen-bond donors (Lipinski definition) is 2. The number of halogens is 3. The maximum atomic E-state index is 14.8. The van der Waals surface area contributed by atoms with E-state index in [4.69, 9.17) is 11.6 Å². The van der Waals surface area contributed by atoms with Gasteiger partial charge in [-0.1, -0.05) is 60.1 Å². The molecule has 5 rings (SSSR count). The number of fused-ring (bicyclic) bond motifs is 1. The van der Waals surface area contributed by atoms with E-state index in [1.807, 2.05) is 42.5 Å². The number of nitrogens with one attached hydrogen (secondary N) is 1. The number of carboxylic acid groups (broad SMARTS) is 1. The van der Waals surface area contributed by atoms with E-state index in [2.05, 4.69) is 5.32 Å². The van der Waals surface area contributed by atoms with Crippen LogP contribution in [0.4, 0.5) is 20.2 Å². The van der Waals surface area contributed by atoms with E-state index >= 15 is 0 Å². The van der Waals surface area contributed by atoms with Crippen LogP contribution >= 0.6 is 11.6 Å². The fourth-order valence-electron chi connectivity index (χ4n) is 4.84. The molecule has 6 nitrogen and oxygen atoms in total. The van der Waals surface area contributed by atoms with Crippen molar-refractivity contribution < 1.29 is 28.3 Å². The highest BCUT2D eigenvalue weighted by Crippen LogP contribution is 2.43. The smallest absolute Gasteiger partial charge is 0.336 e. The van der Waals surface area contributed by atoms with Crippen LogP contribution in [0.3, 0.4) is 0 Å². The normalized spacial score (nSPS) is 14.1. The fraction of sp³-hybridized carbons (Fsp3) is 0.129. The molecule has 1 heterocycles. The Hall–Kier alpha value is -4.56. The number of carboxylic acids is 1. The van der Waals surface area contributed by atoms with Crippen molar-refractivity contribution in [1.82, 2.24) is 0 Å². The molecule has 0 atom stereocenters. The topological polar surface area (TPSA) is 86.7 Å². The molecule has 0 aliphatic carbocycles. The van der Waals surface area contributed by atoms with Crippen LogP contribution in [0.2, 0.25) is 5.02 Å². The monoisotopic (exact) mass is 560 g/mol. The Morgan fingerprint density at radius 3 is 2.33 bits per heavy atom. The number of benzene rings is 4. The first-order valence-electron chi connectivity index (χ1n) is 12.5. The van der Waals surface area contributed by atoms with Crippen LogP contribution in [0.15, 0.2) is 91.0 Å². The summed E-state index contributed by atoms with van der Waals surface area (Å²) in [6, 6.07) is 24.1. The van der Waals surface area contributed by atoms with Gasteiger partial charge in [0.1, 0.15) is 0 Å². The van der Waals surface area contributed by atoms with Crippen molar-refractivity contribution in [2.45, 2.75) is 18.8 Å². The van der Waals surface area contributed by atoms with Crippen molar-refractivity contribution in [2.75, 3.05) is 16.8 Å². The first kappa shape index (κ1) is 27.0. The molecule has 4 aromatic carbocycles. The van der Waals surface area contributed by atoms with Crippen LogP contribution in [-0.2, 0) is 5.92 Å². The highest BCUT2D eigenvalue weighted by Gasteiger charge is 2.39. The largest absolute Gasteiger partial charge is 0.478 e. The highest BCUT2D eigenvalue weighted by atomic mass is 35.5. The first-order valence-corrected chi connectivity index (χ1v) is 12.9. The van der Waals surface area contributed by atoms with Crippen molar-refractivity contribution in [3.63, 3.8) is 0 Å². The van der Waals surface area contributed by atoms with Crippen LogP contribution in [0.5, 0.6) is 0 Å². The molecule has 1 aliphatic rings. The van der Waals surface area contributed by atoms with E-state index in [0.717, 1.165) is 16.5 Å². The van der Waals surface area contributed by atoms with Gasteiger partial charge >= 0.3 is 5.97 Å². The minimum Gasteiger partial charge on any atom is -0.478 e. The molecule has 9 heteroatoms. The third kappa shape index (κ3) is 5.31. The lowest BCUT2D eigenvalue weighted by Gasteiger charge is -2.25. The lowest BCUT2D eigenvalue weighted by Crippen LogP contribution is -2.33. The Bertz CT molecular complexity index is 1630. The second kappa shape index (κ2) is 10.9. The molecule has 0 bridgehead atoms. The van der Waals surface area contributed by atoms with Crippen LogP contribution < -0.4 is 10.2 Å². The average Bonchev–Trinajstić information content (AvgIpc) is 3.08. The van der Waals surface area contributed by atoms with Gasteiger partial charge in [-0.2, -0.15) is 0 Å². The highest BCUT2D eigenvalue weighted by molar-refractivity contribution is 6.30. The van der Waals surface area contributed by atoms with Crippen molar-refractivity contribution in [3.8, 4) is 11.1 Å². The number of aromatic carboxylic acids is 1. The number of nitrogens with zero attached hydrogens (tertiary/aromatic N) is 1. The molecule has 202 valence electrons. The predicted octanol–water partition coefficient (Wildman–Crippen LogP) is 7.49. The number of carbonyl (C=O) groups excluding carboxylic acids is 2. The molecule has 0 spiro atoms. The van der Waals surface area contributed by atoms with Gasteiger partial charge in [-0.3, -0.25) is 9.59 Å². The van der Waals surface area contributed by atoms with Crippen molar-refractivity contribution in [2.24, 2.45) is 0 Å². The summed E-state index contributed by atoms with van der Waals surface area (Å²) in [5.74, 6) is -5.81. The van der Waals surface area contributed by atoms with Crippen molar-refractivity contribution in [1.29, 1.82) is 0 Å². The Balaban J connectivity index is 1.47. The fourth-order valence-corrected chi connectivity index (χ4v) is 5.01. The van der Waals surface area contributed by atoms with Gasteiger partial charge in [0.05, 0.1) is 16.8 Å². The van der Waals surface area contributed by atoms with E-state index in [-0.39, 0.29) is 46.1 Å². The Morgan fingerprint density at radius 1 is 0.850 bits per heavy atom. The van der Waals surface area contributed by atoms with E-state index in [0.29, 0.717) is 11.1 Å². The third-order valence-electron chi connectivity index (χ3n) is 6.76. The van der Waals surface area contributed by atoms with E-state index in [1.54, 1.807) is 12.1 Å². The van der Waals surface area contributed by atoms with E-state index < -0.39 is 30.1 Å². The average molecular weight is 561 g/mol. The molecule has 0 unspecified atom stereocenters. The lowest BCUT2D eigenvalue weighted by atomic mass is 9.99. The maximum Gasteiger partial charge on any atom is 0.336 e. The third-order valence-corrected chi connectivity index (χ3v) is 6.99. The molecule has 0 saturated heterocycles. The quantitative estimate of drug-likeness (QED) is 0.265. The summed E-state index contributed by atoms with van der Waals surface area (Å²) in [7, 11) is 0. The minimum atomic E-state index is -3.20. The summed E-state index contributed by atoms with van der Waals surface area (Å²) in [4.78, 5) is 40.1. The van der Waals surface area contributed by atoms with Gasteiger partial charge in [0.2, 0.25) is 0 Å². The van der Waals surface area contributed by atoms with Gasteiger partial charge in [-0.05, 0) is 60.0 Å². The molecule has 0 fully saturated rings. The summed E-state index contributed by atoms with van der Waals surface area (Å²) in [6.45, 7) is -0.0309. The standard InChI is InChI=1S/C31H23ClF2N2O4/c32-20-11-14-27-26(17-20)31(33,34)15-6-16-36(27)29(38)24-13-12-21(18-25(24)30(39)40)35-28(37)23-10-5-4-9-22(23)19-7-2-1-3-8-19/h1-5,7-14,17-18H,6,15-16H2,(H,35,37)(H,39,40). The van der Waals surface area contributed by atoms with E-state index in [9.17, 15) is 28.3 Å². The van der Waals surface area contributed by atoms with Gasteiger partial charge in [-0.15, -0.1) is 0 Å². The summed E-state index contributed by atoms with van der Waals surface area (Å²) >= 11 is 5.97. The molecule has 2 N–H and O–H groups in total. The Kier molecular flexibility index (Phi) is 7.36. The summed E-state index contributed by atoms with van der Waals surface area (Å²) in [6.07, 6.45) is -0.478. The molecule has 40 heavy (non-hydrogen) atoms. The lowest BCUT2D eigenvalue weighted by molar-refractivity contribution is -0.0121. The summed E-state index contributed by atoms with van der Waals surface area (Å²) in [5, 5.41) is 12.7. The van der Waals surface area contributed by atoms with Crippen LogP contribution in [0, 0.1) is 0 Å². The molecular weight excluding hydrogens is 538 g/mol. The maximum absolute atomic E-state index is 14.8. The predicted molar refractivity (Wildman–Crippen MR) is 149 cm³/mol. The molecule has 0 radical (unpaired) electrons. The zero-order valence-electron chi connectivity index (χ0n) is 21.0. The summed E-state index contributed by atoms with van der Waals surface area (Å²) < 4.78 is 29.6. The second-order valence-corrected chi connectivity index (χ2v) is 9.79. The second-order valence-electron chi connectivity index (χ2n) is 9.36. The first-order chi connectivity index (χ1) is 19.2. The number of anilines is 2. The summed E-state index contributed by atoms with van der Waals surface area (Å²) in [5.41, 5.74) is 1.11. The van der Waals surface area contributed by atoms with Crippen molar-refractivity contribution >= 4 is 40.8 Å². The molecular formula is C31H23ClF2N2O4. The van der Waals surface area contributed by atoms with Gasteiger partial charge < -0.3 is 15.3 Å². The minimum absolute atomic E-state index is 0.00239. The number of carbonyl (C=O) groups is 3. The Morgan fingerprint density at radius 2 is 1.57 bits per heavy atom. The SMILES string of the molecule is O=C(O)c1cc(NC(=O)c2ccccc2-c2ccccc2)ccc1C(=O)N1CCCC(F)(F)c2cc(Cl)ccc21. The van der Waals surface area contributed by atoms with Crippen LogP contribution in [0.25, 0.3) is 11.1 Å². The Labute approximate surface area is 233 Å². The van der Waals surface area contributed by atoms with Gasteiger partial charge in [-0.25, -0.2) is 13.6 Å². The van der Waals surface area contributed by atoms with Gasteiger partial charge in [0.25, 0.3) is 17.7 Å². The molecule has 1 aliphatic heterocycles. The number of alkyl halides is 2. The van der Waals surface area contributed by atoms with Crippen molar-refractivity contribution in [3.05, 3.63) is 118 Å². The molecule has 2 amide bonds. The molecule has 0 saturated carbocycles. The molecule has 4 aromatic rings. The van der Waals surface area contributed by atoms with E-state index in [1.165, 1.54) is 30.3 Å². The van der Waals surface area contributed by atoms with Gasteiger partial charge in [0, 0.05) is 34.8 Å². The van der Waals surface area contributed by atoms with Gasteiger partial charge in [0.15, 0.2) is 0 Å².